The van der Waals surface area contributed by atoms with Gasteiger partial charge in [-0.25, -0.2) is 9.59 Å². The average molecular weight is 256 g/mol. The second-order valence-corrected chi connectivity index (χ2v) is 4.40. The maximum Gasteiger partial charge on any atom is 0.366 e. The predicted octanol–water partition coefficient (Wildman–Crippen LogP) is 0.553. The van der Waals surface area contributed by atoms with E-state index in [0.717, 1.165) is 0 Å². The molecule has 0 saturated carbocycles. The van der Waals surface area contributed by atoms with Crippen LogP contribution in [0.5, 0.6) is 0 Å². The molecule has 0 spiro atoms. The molecular weight excluding hydrogens is 240 g/mol. The van der Waals surface area contributed by atoms with E-state index in [4.69, 9.17) is 9.47 Å². The molecule has 100 valence electrons. The number of ether oxygens (including phenoxy) is 4. The van der Waals surface area contributed by atoms with Crippen LogP contribution < -0.4 is 0 Å². The number of rotatable bonds is 2. The van der Waals surface area contributed by atoms with E-state index in [9.17, 15) is 9.59 Å². The van der Waals surface area contributed by atoms with E-state index < -0.39 is 17.9 Å². The summed E-state index contributed by atoms with van der Waals surface area (Å²) in [5.41, 5.74) is 0.552. The molecule has 0 N–H and O–H groups in total. The van der Waals surface area contributed by atoms with Crippen molar-refractivity contribution < 1.29 is 28.5 Å². The zero-order chi connectivity index (χ0) is 13.3. The Morgan fingerprint density at radius 2 is 2.06 bits per heavy atom. The van der Waals surface area contributed by atoms with Crippen LogP contribution in [0.4, 0.5) is 0 Å². The third kappa shape index (κ3) is 2.13. The predicted molar refractivity (Wildman–Crippen MR) is 59.5 cm³/mol. The summed E-state index contributed by atoms with van der Waals surface area (Å²) >= 11 is 0. The Hall–Kier alpha value is -1.40. The number of carbonyl (C=O) groups is 2. The first-order valence-electron chi connectivity index (χ1n) is 5.73. The molecule has 6 heteroatoms. The van der Waals surface area contributed by atoms with Crippen LogP contribution in [-0.2, 0) is 28.5 Å². The number of hydrogen-bond acceptors (Lipinski definition) is 6. The largest absolute Gasteiger partial charge is 0.466 e. The summed E-state index contributed by atoms with van der Waals surface area (Å²) in [6.07, 6.45) is 2.17. The number of methoxy groups -OCH3 is 2. The Morgan fingerprint density at radius 3 is 2.67 bits per heavy atom. The van der Waals surface area contributed by atoms with E-state index >= 15 is 0 Å². The van der Waals surface area contributed by atoms with E-state index in [1.807, 2.05) is 0 Å². The highest BCUT2D eigenvalue weighted by atomic mass is 16.8. The summed E-state index contributed by atoms with van der Waals surface area (Å²) in [4.78, 5) is 23.0. The normalized spacial score (nSPS) is 34.5. The van der Waals surface area contributed by atoms with Gasteiger partial charge in [0.05, 0.1) is 20.3 Å². The average Bonchev–Trinajstić information content (AvgIpc) is 2.73. The number of hydrogen-bond donors (Lipinski definition) is 0. The maximum absolute atomic E-state index is 11.6. The van der Waals surface area contributed by atoms with Crippen LogP contribution in [0.2, 0.25) is 0 Å². The Labute approximate surface area is 105 Å². The molecule has 2 aliphatic rings. The van der Waals surface area contributed by atoms with Crippen LogP contribution >= 0.6 is 0 Å². The second-order valence-electron chi connectivity index (χ2n) is 4.40. The van der Waals surface area contributed by atoms with Gasteiger partial charge < -0.3 is 18.9 Å². The Balaban J connectivity index is 2.15. The SMILES string of the molecule is COC(=O)C1=C[C@H]2O[C@](C)(C(=O)OC)O[C@@H]2CC1. The first-order chi connectivity index (χ1) is 8.50. The van der Waals surface area contributed by atoms with Crippen LogP contribution in [0.15, 0.2) is 11.6 Å². The first-order valence-corrected chi connectivity index (χ1v) is 5.73. The molecule has 1 aliphatic carbocycles. The summed E-state index contributed by atoms with van der Waals surface area (Å²) < 4.78 is 20.4. The first kappa shape index (κ1) is 13.0. The van der Waals surface area contributed by atoms with Crippen molar-refractivity contribution in [2.45, 2.75) is 37.8 Å². The van der Waals surface area contributed by atoms with Gasteiger partial charge in [-0.1, -0.05) is 0 Å². The molecule has 6 nitrogen and oxygen atoms in total. The Bertz CT molecular complexity index is 401. The summed E-state index contributed by atoms with van der Waals surface area (Å²) in [5, 5.41) is 0. The minimum absolute atomic E-state index is 0.234. The Morgan fingerprint density at radius 1 is 1.33 bits per heavy atom. The molecular formula is C12H16O6. The van der Waals surface area contributed by atoms with Gasteiger partial charge in [-0.2, -0.15) is 0 Å². The van der Waals surface area contributed by atoms with Crippen molar-refractivity contribution in [1.29, 1.82) is 0 Å². The van der Waals surface area contributed by atoms with E-state index in [0.29, 0.717) is 18.4 Å². The van der Waals surface area contributed by atoms with Crippen molar-refractivity contribution in [2.75, 3.05) is 14.2 Å². The minimum Gasteiger partial charge on any atom is -0.466 e. The van der Waals surface area contributed by atoms with E-state index in [-0.39, 0.29) is 12.1 Å². The molecule has 0 aromatic heterocycles. The lowest BCUT2D eigenvalue weighted by molar-refractivity contribution is -0.204. The van der Waals surface area contributed by atoms with Gasteiger partial charge in [0.1, 0.15) is 6.10 Å². The molecule has 0 bridgehead atoms. The van der Waals surface area contributed by atoms with Crippen LogP contribution in [0.25, 0.3) is 0 Å². The standard InChI is InChI=1S/C12H16O6/c1-12(11(14)16-3)17-8-5-4-7(10(13)15-2)6-9(8)18-12/h6,8-9H,4-5H2,1-3H3/t8-,9-,12-/m1/s1. The molecule has 0 aromatic carbocycles. The molecule has 2 rings (SSSR count). The highest BCUT2D eigenvalue weighted by Crippen LogP contribution is 2.36. The fraction of sp³-hybridized carbons (Fsp3) is 0.667. The molecule has 3 atom stereocenters. The lowest BCUT2D eigenvalue weighted by Crippen LogP contribution is -2.38. The van der Waals surface area contributed by atoms with Crippen LogP contribution in [0, 0.1) is 0 Å². The van der Waals surface area contributed by atoms with Gasteiger partial charge in [0.25, 0.3) is 5.79 Å². The van der Waals surface area contributed by atoms with Gasteiger partial charge in [0, 0.05) is 12.5 Å². The van der Waals surface area contributed by atoms with Crippen molar-refractivity contribution in [3.8, 4) is 0 Å². The van der Waals surface area contributed by atoms with Gasteiger partial charge >= 0.3 is 11.9 Å². The van der Waals surface area contributed by atoms with E-state index in [2.05, 4.69) is 9.47 Å². The van der Waals surface area contributed by atoms with Crippen molar-refractivity contribution in [3.05, 3.63) is 11.6 Å². The smallest absolute Gasteiger partial charge is 0.366 e. The second kappa shape index (κ2) is 4.70. The number of esters is 2. The Kier molecular flexibility index (Phi) is 3.41. The number of fused-ring (bicyclic) bond motifs is 1. The topological polar surface area (TPSA) is 71.1 Å². The third-order valence-electron chi connectivity index (χ3n) is 3.17. The van der Waals surface area contributed by atoms with Crippen molar-refractivity contribution >= 4 is 11.9 Å². The quantitative estimate of drug-likeness (QED) is 0.672. The van der Waals surface area contributed by atoms with E-state index in [1.54, 1.807) is 6.08 Å². The maximum atomic E-state index is 11.6. The molecule has 1 saturated heterocycles. The lowest BCUT2D eigenvalue weighted by Gasteiger charge is -2.20. The molecule has 0 unspecified atom stereocenters. The van der Waals surface area contributed by atoms with E-state index in [1.165, 1.54) is 21.1 Å². The van der Waals surface area contributed by atoms with Gasteiger partial charge in [-0.3, -0.25) is 0 Å². The molecule has 1 aliphatic heterocycles. The molecule has 0 radical (unpaired) electrons. The van der Waals surface area contributed by atoms with Crippen molar-refractivity contribution in [3.63, 3.8) is 0 Å². The summed E-state index contributed by atoms with van der Waals surface area (Å²) in [7, 11) is 2.61. The van der Waals surface area contributed by atoms with Crippen molar-refractivity contribution in [2.24, 2.45) is 0 Å². The van der Waals surface area contributed by atoms with Gasteiger partial charge in [0.2, 0.25) is 0 Å². The summed E-state index contributed by atoms with van der Waals surface area (Å²) in [5.74, 6) is -2.35. The minimum atomic E-state index is -1.40. The van der Waals surface area contributed by atoms with Crippen LogP contribution in [0.1, 0.15) is 19.8 Å². The summed E-state index contributed by atoms with van der Waals surface area (Å²) in [6.45, 7) is 1.52. The van der Waals surface area contributed by atoms with Crippen LogP contribution in [-0.4, -0.2) is 44.2 Å². The zero-order valence-corrected chi connectivity index (χ0v) is 10.6. The fourth-order valence-corrected chi connectivity index (χ4v) is 2.25. The monoisotopic (exact) mass is 256 g/mol. The van der Waals surface area contributed by atoms with Crippen LogP contribution in [0.3, 0.4) is 0 Å². The highest BCUT2D eigenvalue weighted by Gasteiger charge is 2.51. The zero-order valence-electron chi connectivity index (χ0n) is 10.6. The molecule has 0 amide bonds. The molecule has 18 heavy (non-hydrogen) atoms. The summed E-state index contributed by atoms with van der Waals surface area (Å²) in [6, 6.07) is 0. The van der Waals surface area contributed by atoms with Crippen molar-refractivity contribution in [1.82, 2.24) is 0 Å². The van der Waals surface area contributed by atoms with Gasteiger partial charge in [0.15, 0.2) is 0 Å². The van der Waals surface area contributed by atoms with Gasteiger partial charge in [-0.05, 0) is 18.9 Å². The molecule has 0 aromatic rings. The highest BCUT2D eigenvalue weighted by molar-refractivity contribution is 5.88. The fourth-order valence-electron chi connectivity index (χ4n) is 2.25. The lowest BCUT2D eigenvalue weighted by atomic mass is 9.95. The number of carbonyl (C=O) groups excluding carboxylic acids is 2. The third-order valence-corrected chi connectivity index (χ3v) is 3.17. The molecule has 1 heterocycles. The van der Waals surface area contributed by atoms with Gasteiger partial charge in [-0.15, -0.1) is 0 Å². The molecule has 1 fully saturated rings.